The number of nitrogens with two attached hydrogens (primary N) is 1. The number of amides is 1. The molecule has 0 spiro atoms. The third-order valence-corrected chi connectivity index (χ3v) is 2.99. The van der Waals surface area contributed by atoms with Gasteiger partial charge in [0.2, 0.25) is 5.91 Å². The minimum Gasteiger partial charge on any atom is -0.399 e. The van der Waals surface area contributed by atoms with E-state index < -0.39 is 6.29 Å². The fraction of sp³-hybridized carbons (Fsp3) is 0.500. The topological polar surface area (TPSA) is 73.6 Å². The van der Waals surface area contributed by atoms with E-state index in [4.69, 9.17) is 15.2 Å². The van der Waals surface area contributed by atoms with E-state index in [0.29, 0.717) is 13.0 Å². The Morgan fingerprint density at radius 2 is 1.84 bits per heavy atom. The predicted octanol–water partition coefficient (Wildman–Crippen LogP) is 1.50. The van der Waals surface area contributed by atoms with Crippen LogP contribution in [-0.4, -0.2) is 33.0 Å². The van der Waals surface area contributed by atoms with Gasteiger partial charge in [0.15, 0.2) is 6.29 Å². The van der Waals surface area contributed by atoms with Crippen LogP contribution in [0.25, 0.3) is 0 Å². The Labute approximate surface area is 114 Å². The predicted molar refractivity (Wildman–Crippen MR) is 74.7 cm³/mol. The average Bonchev–Trinajstić information content (AvgIpc) is 2.40. The van der Waals surface area contributed by atoms with E-state index >= 15 is 0 Å². The van der Waals surface area contributed by atoms with Crippen LogP contribution >= 0.6 is 0 Å². The van der Waals surface area contributed by atoms with E-state index in [9.17, 15) is 4.79 Å². The number of anilines is 1. The van der Waals surface area contributed by atoms with Crippen molar-refractivity contribution >= 4 is 11.6 Å². The van der Waals surface area contributed by atoms with Gasteiger partial charge in [0, 0.05) is 26.3 Å². The minimum atomic E-state index is -0.407. The first-order chi connectivity index (χ1) is 9.06. The van der Waals surface area contributed by atoms with Crippen molar-refractivity contribution in [2.24, 2.45) is 0 Å². The van der Waals surface area contributed by atoms with Gasteiger partial charge < -0.3 is 20.5 Å². The van der Waals surface area contributed by atoms with Crippen LogP contribution in [0.2, 0.25) is 0 Å². The Bertz CT molecular complexity index is 388. The Hall–Kier alpha value is -1.59. The van der Waals surface area contributed by atoms with Crippen molar-refractivity contribution in [2.45, 2.75) is 25.6 Å². The number of carbonyl (C=O) groups is 1. The molecule has 0 aromatic heterocycles. The Morgan fingerprint density at radius 1 is 1.26 bits per heavy atom. The maximum atomic E-state index is 11.8. The van der Waals surface area contributed by atoms with Gasteiger partial charge in [-0.3, -0.25) is 4.79 Å². The fourth-order valence-electron chi connectivity index (χ4n) is 1.75. The third kappa shape index (κ3) is 5.28. The second-order valence-corrected chi connectivity index (χ2v) is 4.48. The van der Waals surface area contributed by atoms with Crippen molar-refractivity contribution in [1.29, 1.82) is 0 Å². The molecule has 1 aromatic carbocycles. The first kappa shape index (κ1) is 15.5. The molecule has 0 aliphatic rings. The second-order valence-electron chi connectivity index (χ2n) is 4.48. The van der Waals surface area contributed by atoms with E-state index in [1.165, 1.54) is 14.2 Å². The quantitative estimate of drug-likeness (QED) is 0.579. The SMILES string of the molecule is COC(CNC(=O)CC(C)c1ccc(N)cc1)OC. The highest BCUT2D eigenvalue weighted by Crippen LogP contribution is 2.19. The van der Waals surface area contributed by atoms with Gasteiger partial charge >= 0.3 is 0 Å². The third-order valence-electron chi connectivity index (χ3n) is 2.99. The highest BCUT2D eigenvalue weighted by molar-refractivity contribution is 5.76. The normalized spacial score (nSPS) is 12.4. The van der Waals surface area contributed by atoms with E-state index in [1.54, 1.807) is 0 Å². The molecule has 0 saturated heterocycles. The van der Waals surface area contributed by atoms with E-state index in [0.717, 1.165) is 11.3 Å². The lowest BCUT2D eigenvalue weighted by Gasteiger charge is -2.16. The zero-order valence-corrected chi connectivity index (χ0v) is 11.7. The van der Waals surface area contributed by atoms with Gasteiger partial charge in [0.1, 0.15) is 0 Å². The molecule has 0 aliphatic carbocycles. The zero-order chi connectivity index (χ0) is 14.3. The standard InChI is InChI=1S/C14H22N2O3/c1-10(11-4-6-12(15)7-5-11)8-13(17)16-9-14(18-2)19-3/h4-7,10,14H,8-9,15H2,1-3H3,(H,16,17). The Balaban J connectivity index is 2.41. The summed E-state index contributed by atoms with van der Waals surface area (Å²) in [6.45, 7) is 2.36. The van der Waals surface area contributed by atoms with E-state index in [-0.39, 0.29) is 11.8 Å². The molecule has 106 valence electrons. The molecule has 1 aromatic rings. The summed E-state index contributed by atoms with van der Waals surface area (Å²) >= 11 is 0. The van der Waals surface area contributed by atoms with Gasteiger partial charge in [0.05, 0.1) is 6.54 Å². The summed E-state index contributed by atoms with van der Waals surface area (Å²) in [4.78, 5) is 11.8. The summed E-state index contributed by atoms with van der Waals surface area (Å²) in [5, 5.41) is 2.78. The molecule has 0 fully saturated rings. The molecule has 1 amide bonds. The number of hydrogen-bond donors (Lipinski definition) is 2. The van der Waals surface area contributed by atoms with Gasteiger partial charge in [-0.15, -0.1) is 0 Å². The molecule has 1 atom stereocenters. The Kier molecular flexibility index (Phi) is 6.32. The molecule has 5 heteroatoms. The molecule has 1 rings (SSSR count). The molecular formula is C14H22N2O3. The number of methoxy groups -OCH3 is 2. The van der Waals surface area contributed by atoms with Crippen molar-refractivity contribution in [3.8, 4) is 0 Å². The molecule has 5 nitrogen and oxygen atoms in total. The van der Waals surface area contributed by atoms with Crippen LogP contribution in [0.3, 0.4) is 0 Å². The first-order valence-electron chi connectivity index (χ1n) is 6.24. The van der Waals surface area contributed by atoms with Crippen molar-refractivity contribution in [1.82, 2.24) is 5.32 Å². The number of rotatable bonds is 7. The van der Waals surface area contributed by atoms with Crippen LogP contribution in [-0.2, 0) is 14.3 Å². The lowest BCUT2D eigenvalue weighted by Crippen LogP contribution is -2.34. The van der Waals surface area contributed by atoms with Crippen molar-refractivity contribution in [2.75, 3.05) is 26.5 Å². The minimum absolute atomic E-state index is 0.0246. The van der Waals surface area contributed by atoms with Crippen molar-refractivity contribution in [3.63, 3.8) is 0 Å². The largest absolute Gasteiger partial charge is 0.399 e. The Morgan fingerprint density at radius 3 is 2.37 bits per heavy atom. The summed E-state index contributed by atoms with van der Waals surface area (Å²) in [6, 6.07) is 7.58. The fourth-order valence-corrected chi connectivity index (χ4v) is 1.75. The molecule has 0 heterocycles. The lowest BCUT2D eigenvalue weighted by atomic mass is 9.97. The zero-order valence-electron chi connectivity index (χ0n) is 11.7. The van der Waals surface area contributed by atoms with Crippen LogP contribution in [0, 0.1) is 0 Å². The van der Waals surface area contributed by atoms with Gasteiger partial charge in [-0.1, -0.05) is 19.1 Å². The molecule has 0 radical (unpaired) electrons. The summed E-state index contributed by atoms with van der Waals surface area (Å²) in [5.74, 6) is 0.118. The van der Waals surface area contributed by atoms with Crippen LogP contribution in [0.1, 0.15) is 24.8 Å². The number of nitrogens with one attached hydrogen (secondary N) is 1. The monoisotopic (exact) mass is 266 g/mol. The summed E-state index contributed by atoms with van der Waals surface area (Å²) < 4.78 is 10.0. The van der Waals surface area contributed by atoms with E-state index in [2.05, 4.69) is 5.32 Å². The second kappa shape index (κ2) is 7.76. The van der Waals surface area contributed by atoms with Crippen LogP contribution in [0.15, 0.2) is 24.3 Å². The maximum absolute atomic E-state index is 11.8. The van der Waals surface area contributed by atoms with Crippen molar-refractivity contribution < 1.29 is 14.3 Å². The lowest BCUT2D eigenvalue weighted by molar-refractivity contribution is -0.127. The van der Waals surface area contributed by atoms with Crippen molar-refractivity contribution in [3.05, 3.63) is 29.8 Å². The maximum Gasteiger partial charge on any atom is 0.220 e. The number of carbonyl (C=O) groups excluding carboxylic acids is 1. The highest BCUT2D eigenvalue weighted by Gasteiger charge is 2.13. The summed E-state index contributed by atoms with van der Waals surface area (Å²) in [7, 11) is 3.08. The van der Waals surface area contributed by atoms with Crippen LogP contribution < -0.4 is 11.1 Å². The molecule has 19 heavy (non-hydrogen) atoms. The molecule has 3 N–H and O–H groups in total. The van der Waals surface area contributed by atoms with Gasteiger partial charge in [-0.05, 0) is 23.6 Å². The molecule has 0 aliphatic heterocycles. The number of nitrogen functional groups attached to an aromatic ring is 1. The highest BCUT2D eigenvalue weighted by atomic mass is 16.7. The number of ether oxygens (including phenoxy) is 2. The molecular weight excluding hydrogens is 244 g/mol. The van der Waals surface area contributed by atoms with Crippen LogP contribution in [0.5, 0.6) is 0 Å². The first-order valence-corrected chi connectivity index (χ1v) is 6.24. The average molecular weight is 266 g/mol. The van der Waals surface area contributed by atoms with E-state index in [1.807, 2.05) is 31.2 Å². The molecule has 0 saturated carbocycles. The summed E-state index contributed by atoms with van der Waals surface area (Å²) in [5.41, 5.74) is 7.45. The molecule has 1 unspecified atom stereocenters. The molecule has 0 bridgehead atoms. The van der Waals surface area contributed by atoms with Gasteiger partial charge in [-0.2, -0.15) is 0 Å². The number of hydrogen-bond acceptors (Lipinski definition) is 4. The summed E-state index contributed by atoms with van der Waals surface area (Å²) in [6.07, 6.45) is 0.0140. The smallest absolute Gasteiger partial charge is 0.220 e. The van der Waals surface area contributed by atoms with Gasteiger partial charge in [-0.25, -0.2) is 0 Å². The van der Waals surface area contributed by atoms with Crippen LogP contribution in [0.4, 0.5) is 5.69 Å². The van der Waals surface area contributed by atoms with Gasteiger partial charge in [0.25, 0.3) is 0 Å². The number of benzene rings is 1.